The fourth-order valence-corrected chi connectivity index (χ4v) is 4.94. The number of hydrogen-bond acceptors (Lipinski definition) is 3. The van der Waals surface area contributed by atoms with Crippen molar-refractivity contribution in [2.75, 3.05) is 4.90 Å². The topological polar surface area (TPSA) is 43.7 Å². The molecule has 0 saturated heterocycles. The minimum absolute atomic E-state index is 0.518. The first-order chi connectivity index (χ1) is 16.7. The van der Waals surface area contributed by atoms with E-state index in [1.807, 2.05) is 42.5 Å². The van der Waals surface area contributed by atoms with Crippen molar-refractivity contribution in [3.8, 4) is 0 Å². The van der Waals surface area contributed by atoms with E-state index in [1.54, 1.807) is 0 Å². The molecule has 0 unspecified atom stereocenters. The highest BCUT2D eigenvalue weighted by Crippen LogP contribution is 2.42. The van der Waals surface area contributed by atoms with Crippen LogP contribution in [0.3, 0.4) is 0 Å². The number of rotatable bonds is 4. The Balaban J connectivity index is 1.77. The third kappa shape index (κ3) is 3.32. The van der Waals surface area contributed by atoms with Crippen molar-refractivity contribution in [1.29, 1.82) is 0 Å². The molecule has 0 aromatic heterocycles. The summed E-state index contributed by atoms with van der Waals surface area (Å²) < 4.78 is 0. The first-order valence-electron chi connectivity index (χ1n) is 11.4. The summed E-state index contributed by atoms with van der Waals surface area (Å²) in [5.41, 5.74) is 3.74. The van der Waals surface area contributed by atoms with Crippen molar-refractivity contribution in [2.24, 2.45) is 0 Å². The van der Waals surface area contributed by atoms with Gasteiger partial charge in [0.2, 0.25) is 0 Å². The summed E-state index contributed by atoms with van der Waals surface area (Å²) >= 11 is 0. The second-order valence-electron chi connectivity index (χ2n) is 8.43. The molecule has 0 saturated carbocycles. The Kier molecular flexibility index (Phi) is 5.03. The molecule has 6 aromatic carbocycles. The van der Waals surface area contributed by atoms with Crippen LogP contribution < -0.4 is 10.4 Å². The zero-order valence-corrected chi connectivity index (χ0v) is 18.5. The molecule has 3 nitrogen and oxygen atoms in total. The molecule has 4 heteroatoms. The van der Waals surface area contributed by atoms with Gasteiger partial charge in [0, 0.05) is 16.8 Å². The molecule has 2 N–H and O–H groups in total. The highest BCUT2D eigenvalue weighted by molar-refractivity contribution is 6.63. The lowest BCUT2D eigenvalue weighted by Crippen LogP contribution is -2.30. The molecule has 0 fully saturated rings. The maximum Gasteiger partial charge on any atom is 0.489 e. The molecular weight excluding hydrogens is 417 g/mol. The lowest BCUT2D eigenvalue weighted by Gasteiger charge is -2.28. The summed E-state index contributed by atoms with van der Waals surface area (Å²) in [6, 6.07) is 41.2. The molecule has 0 amide bonds. The summed E-state index contributed by atoms with van der Waals surface area (Å²) in [4.78, 5) is 2.28. The quantitative estimate of drug-likeness (QED) is 0.250. The highest BCUT2D eigenvalue weighted by Gasteiger charge is 2.21. The fourth-order valence-electron chi connectivity index (χ4n) is 4.94. The Morgan fingerprint density at radius 3 is 1.44 bits per heavy atom. The monoisotopic (exact) mass is 439 g/mol. The van der Waals surface area contributed by atoms with Gasteiger partial charge in [0.15, 0.2) is 0 Å². The summed E-state index contributed by atoms with van der Waals surface area (Å²) in [6.45, 7) is 0. The van der Waals surface area contributed by atoms with Gasteiger partial charge >= 0.3 is 7.12 Å². The van der Waals surface area contributed by atoms with Crippen LogP contribution in [-0.4, -0.2) is 17.2 Å². The molecule has 0 spiro atoms. The molecule has 6 aromatic rings. The minimum Gasteiger partial charge on any atom is -0.423 e. The molecular formula is C30H22BNO2. The average Bonchev–Trinajstić information content (AvgIpc) is 2.89. The van der Waals surface area contributed by atoms with Crippen molar-refractivity contribution < 1.29 is 10.0 Å². The Bertz CT molecular complexity index is 1590. The van der Waals surface area contributed by atoms with Crippen molar-refractivity contribution in [3.05, 3.63) is 121 Å². The zero-order valence-electron chi connectivity index (χ0n) is 18.5. The number of nitrogens with zero attached hydrogens (tertiary/aromatic N) is 1. The largest absolute Gasteiger partial charge is 0.489 e. The number of anilines is 3. The Morgan fingerprint density at radius 2 is 0.882 bits per heavy atom. The normalized spacial score (nSPS) is 11.2. The van der Waals surface area contributed by atoms with Crippen LogP contribution >= 0.6 is 0 Å². The van der Waals surface area contributed by atoms with Crippen molar-refractivity contribution in [1.82, 2.24) is 0 Å². The van der Waals surface area contributed by atoms with E-state index >= 15 is 0 Å². The van der Waals surface area contributed by atoms with Crippen LogP contribution in [0.4, 0.5) is 17.1 Å². The number of fused-ring (bicyclic) bond motifs is 5. The van der Waals surface area contributed by atoms with Crippen molar-refractivity contribution in [2.45, 2.75) is 0 Å². The van der Waals surface area contributed by atoms with Gasteiger partial charge in [-0.15, -0.1) is 0 Å². The zero-order chi connectivity index (χ0) is 23.1. The molecule has 162 valence electrons. The van der Waals surface area contributed by atoms with Gasteiger partial charge in [-0.3, -0.25) is 0 Å². The third-order valence-corrected chi connectivity index (χ3v) is 6.44. The summed E-state index contributed by atoms with van der Waals surface area (Å²) in [5.74, 6) is 0. The molecule has 6 rings (SSSR count). The minimum atomic E-state index is -1.54. The maximum atomic E-state index is 10.1. The molecule has 0 aliphatic heterocycles. The van der Waals surface area contributed by atoms with Gasteiger partial charge in [0.05, 0.1) is 5.69 Å². The highest BCUT2D eigenvalue weighted by atomic mass is 16.4. The number of para-hydroxylation sites is 2. The predicted octanol–water partition coefficient (Wildman–Crippen LogP) is 6.30. The molecule has 0 atom stereocenters. The molecule has 34 heavy (non-hydrogen) atoms. The van der Waals surface area contributed by atoms with Gasteiger partial charge in [-0.05, 0) is 62.7 Å². The van der Waals surface area contributed by atoms with Crippen LogP contribution in [0.1, 0.15) is 0 Å². The molecule has 0 aliphatic rings. The second kappa shape index (κ2) is 8.34. The second-order valence-corrected chi connectivity index (χ2v) is 8.43. The Hall–Kier alpha value is -4.12. The molecule has 0 bridgehead atoms. The van der Waals surface area contributed by atoms with Crippen LogP contribution in [0, 0.1) is 0 Å². The van der Waals surface area contributed by atoms with Crippen LogP contribution in [0.2, 0.25) is 0 Å². The SMILES string of the molecule is OB(O)c1cc2c3ccccc3c(N(c3ccccc3)c3ccccc3)cc2c2ccccc12. The van der Waals surface area contributed by atoms with E-state index in [4.69, 9.17) is 0 Å². The van der Waals surface area contributed by atoms with E-state index in [9.17, 15) is 10.0 Å². The Morgan fingerprint density at radius 1 is 0.441 bits per heavy atom. The predicted molar refractivity (Wildman–Crippen MR) is 143 cm³/mol. The summed E-state index contributed by atoms with van der Waals surface area (Å²) in [6.07, 6.45) is 0. The van der Waals surface area contributed by atoms with E-state index in [-0.39, 0.29) is 0 Å². The van der Waals surface area contributed by atoms with E-state index < -0.39 is 7.12 Å². The van der Waals surface area contributed by atoms with Gasteiger partial charge in [0.1, 0.15) is 0 Å². The summed E-state index contributed by atoms with van der Waals surface area (Å²) in [7, 11) is -1.54. The van der Waals surface area contributed by atoms with Gasteiger partial charge < -0.3 is 14.9 Å². The molecule has 0 aliphatic carbocycles. The standard InChI is InChI=1S/C30H22BNO2/c33-31(34)29-19-27-24-16-8-10-18-26(24)30(20-28(27)23-15-7-9-17-25(23)29)32(21-11-3-1-4-12-21)22-13-5-2-6-14-22/h1-20,33-34H. The number of hydrogen-bond donors (Lipinski definition) is 2. The van der Waals surface area contributed by atoms with Crippen molar-refractivity contribution in [3.63, 3.8) is 0 Å². The first kappa shape index (κ1) is 20.5. The number of benzene rings is 6. The fraction of sp³-hybridized carbons (Fsp3) is 0. The first-order valence-corrected chi connectivity index (χ1v) is 11.4. The molecule has 0 heterocycles. The van der Waals surface area contributed by atoms with E-state index in [0.717, 1.165) is 49.4 Å². The lowest BCUT2D eigenvalue weighted by atomic mass is 9.75. The van der Waals surface area contributed by atoms with Crippen LogP contribution in [0.25, 0.3) is 32.3 Å². The Labute approximate surface area is 198 Å². The lowest BCUT2D eigenvalue weighted by molar-refractivity contribution is 0.426. The smallest absolute Gasteiger partial charge is 0.423 e. The van der Waals surface area contributed by atoms with Gasteiger partial charge in [0.25, 0.3) is 0 Å². The van der Waals surface area contributed by atoms with Crippen LogP contribution in [-0.2, 0) is 0 Å². The maximum absolute atomic E-state index is 10.1. The molecule has 0 radical (unpaired) electrons. The van der Waals surface area contributed by atoms with E-state index in [2.05, 4.69) is 83.8 Å². The summed E-state index contributed by atoms with van der Waals surface area (Å²) in [5, 5.41) is 26.4. The van der Waals surface area contributed by atoms with E-state index in [0.29, 0.717) is 5.46 Å². The van der Waals surface area contributed by atoms with Crippen LogP contribution in [0.15, 0.2) is 121 Å². The van der Waals surface area contributed by atoms with E-state index in [1.165, 1.54) is 0 Å². The third-order valence-electron chi connectivity index (χ3n) is 6.44. The van der Waals surface area contributed by atoms with Gasteiger partial charge in [-0.1, -0.05) is 91.0 Å². The van der Waals surface area contributed by atoms with Crippen molar-refractivity contribution >= 4 is 62.0 Å². The average molecular weight is 439 g/mol. The van der Waals surface area contributed by atoms with Crippen LogP contribution in [0.5, 0.6) is 0 Å². The van der Waals surface area contributed by atoms with Gasteiger partial charge in [-0.2, -0.15) is 0 Å². The van der Waals surface area contributed by atoms with Gasteiger partial charge in [-0.25, -0.2) is 0 Å².